The molecule has 0 bridgehead atoms. The molecule has 1 aliphatic heterocycles. The summed E-state index contributed by atoms with van der Waals surface area (Å²) < 4.78 is 5.56. The summed E-state index contributed by atoms with van der Waals surface area (Å²) in [6, 6.07) is 6.00. The topological polar surface area (TPSA) is 62.5 Å². The number of amides is 1. The van der Waals surface area contributed by atoms with Crippen molar-refractivity contribution in [2.75, 3.05) is 18.0 Å². The molecule has 6 nitrogen and oxygen atoms in total. The molecule has 0 spiro atoms. The summed E-state index contributed by atoms with van der Waals surface area (Å²) >= 11 is 0. The maximum Gasteiger partial charge on any atom is 0.228 e. The fraction of sp³-hybridized carbons (Fsp3) is 0.526. The van der Waals surface area contributed by atoms with Crippen LogP contribution in [0.1, 0.15) is 44.4 Å². The highest BCUT2D eigenvalue weighted by molar-refractivity contribution is 5.80. The van der Waals surface area contributed by atoms with E-state index in [1.807, 2.05) is 18.2 Å². The summed E-state index contributed by atoms with van der Waals surface area (Å²) in [5.74, 6) is 1.82. The fourth-order valence-electron chi connectivity index (χ4n) is 3.73. The number of furan rings is 1. The molecular formula is C19H24N4O2. The van der Waals surface area contributed by atoms with Crippen molar-refractivity contribution in [3.63, 3.8) is 0 Å². The first-order chi connectivity index (χ1) is 12.2. The first-order valence-corrected chi connectivity index (χ1v) is 9.11. The first kappa shape index (κ1) is 16.1. The third-order valence-corrected chi connectivity index (χ3v) is 5.17. The Bertz CT molecular complexity index is 699. The van der Waals surface area contributed by atoms with Crippen LogP contribution >= 0.6 is 0 Å². The Morgan fingerprint density at radius 1 is 1.28 bits per heavy atom. The second kappa shape index (κ2) is 6.86. The van der Waals surface area contributed by atoms with Crippen LogP contribution in [0.4, 0.5) is 5.95 Å². The Hall–Kier alpha value is -2.37. The van der Waals surface area contributed by atoms with Crippen LogP contribution in [0.5, 0.6) is 0 Å². The third-order valence-electron chi connectivity index (χ3n) is 5.17. The fourth-order valence-corrected chi connectivity index (χ4v) is 3.73. The van der Waals surface area contributed by atoms with Crippen molar-refractivity contribution in [1.29, 1.82) is 0 Å². The van der Waals surface area contributed by atoms with Gasteiger partial charge in [0, 0.05) is 31.5 Å². The molecule has 0 unspecified atom stereocenters. The second-order valence-electron chi connectivity index (χ2n) is 7.00. The Balaban J connectivity index is 1.50. The van der Waals surface area contributed by atoms with Gasteiger partial charge < -0.3 is 14.2 Å². The van der Waals surface area contributed by atoms with Crippen LogP contribution in [0.2, 0.25) is 0 Å². The van der Waals surface area contributed by atoms with Crippen LogP contribution < -0.4 is 4.90 Å². The molecule has 25 heavy (non-hydrogen) atoms. The van der Waals surface area contributed by atoms with Crippen molar-refractivity contribution >= 4 is 11.9 Å². The van der Waals surface area contributed by atoms with Gasteiger partial charge in [-0.1, -0.05) is 0 Å². The van der Waals surface area contributed by atoms with Gasteiger partial charge in [0.25, 0.3) is 0 Å². The third kappa shape index (κ3) is 3.38. The summed E-state index contributed by atoms with van der Waals surface area (Å²) in [6.45, 7) is 3.66. The van der Waals surface area contributed by atoms with Gasteiger partial charge in [-0.3, -0.25) is 4.79 Å². The molecule has 1 amide bonds. The van der Waals surface area contributed by atoms with Crippen LogP contribution in [-0.4, -0.2) is 39.9 Å². The molecule has 2 atom stereocenters. The number of carbonyl (C=O) groups excluding carboxylic acids is 1. The molecule has 0 aromatic carbocycles. The van der Waals surface area contributed by atoms with E-state index in [2.05, 4.69) is 26.7 Å². The highest BCUT2D eigenvalue weighted by Crippen LogP contribution is 2.37. The Morgan fingerprint density at radius 2 is 2.08 bits per heavy atom. The number of hydrogen-bond acceptors (Lipinski definition) is 5. The Kier molecular flexibility index (Phi) is 4.42. The zero-order valence-electron chi connectivity index (χ0n) is 14.5. The smallest absolute Gasteiger partial charge is 0.228 e. The summed E-state index contributed by atoms with van der Waals surface area (Å²) in [7, 11) is 0. The van der Waals surface area contributed by atoms with Crippen molar-refractivity contribution in [1.82, 2.24) is 14.9 Å². The number of rotatable bonds is 5. The van der Waals surface area contributed by atoms with E-state index in [4.69, 9.17) is 4.42 Å². The lowest BCUT2D eigenvalue weighted by atomic mass is 9.95. The zero-order valence-corrected chi connectivity index (χ0v) is 14.5. The lowest BCUT2D eigenvalue weighted by Crippen LogP contribution is -2.46. The minimum absolute atomic E-state index is 0.00410. The van der Waals surface area contributed by atoms with E-state index in [9.17, 15) is 4.79 Å². The van der Waals surface area contributed by atoms with Gasteiger partial charge in [0.05, 0.1) is 18.2 Å². The van der Waals surface area contributed by atoms with Crippen molar-refractivity contribution in [3.05, 3.63) is 42.6 Å². The SMILES string of the molecule is C[C@@H](c1ccco1)N(C(=O)[C@@H]1CCCN(c2ncccn2)C1)C1CC1. The van der Waals surface area contributed by atoms with Crippen molar-refractivity contribution in [2.24, 2.45) is 5.92 Å². The molecule has 1 saturated heterocycles. The van der Waals surface area contributed by atoms with E-state index in [-0.39, 0.29) is 17.9 Å². The molecular weight excluding hydrogens is 316 g/mol. The molecule has 0 radical (unpaired) electrons. The first-order valence-electron chi connectivity index (χ1n) is 9.11. The van der Waals surface area contributed by atoms with E-state index < -0.39 is 0 Å². The van der Waals surface area contributed by atoms with Crippen LogP contribution in [0.15, 0.2) is 41.3 Å². The molecule has 1 saturated carbocycles. The second-order valence-corrected chi connectivity index (χ2v) is 7.00. The molecule has 2 aliphatic rings. The van der Waals surface area contributed by atoms with Gasteiger partial charge in [0.1, 0.15) is 5.76 Å². The molecule has 3 heterocycles. The maximum absolute atomic E-state index is 13.3. The molecule has 1 aliphatic carbocycles. The largest absolute Gasteiger partial charge is 0.467 e. The molecule has 132 valence electrons. The number of carbonyl (C=O) groups is 1. The number of aromatic nitrogens is 2. The predicted octanol–water partition coefficient (Wildman–Crippen LogP) is 3.04. The van der Waals surface area contributed by atoms with E-state index >= 15 is 0 Å². The lowest BCUT2D eigenvalue weighted by Gasteiger charge is -2.37. The summed E-state index contributed by atoms with van der Waals surface area (Å²) in [4.78, 5) is 26.2. The monoisotopic (exact) mass is 340 g/mol. The molecule has 4 rings (SSSR count). The number of hydrogen-bond donors (Lipinski definition) is 0. The lowest BCUT2D eigenvalue weighted by molar-refractivity contribution is -0.139. The van der Waals surface area contributed by atoms with Crippen molar-refractivity contribution in [2.45, 2.75) is 44.7 Å². The Labute approximate surface area is 147 Å². The number of nitrogens with zero attached hydrogens (tertiary/aromatic N) is 4. The molecule has 2 fully saturated rings. The summed E-state index contributed by atoms with van der Waals surface area (Å²) in [6.07, 6.45) is 9.28. The van der Waals surface area contributed by atoms with E-state index in [0.717, 1.165) is 43.9 Å². The van der Waals surface area contributed by atoms with Crippen LogP contribution in [0.25, 0.3) is 0 Å². The van der Waals surface area contributed by atoms with Crippen LogP contribution in [0.3, 0.4) is 0 Å². The van der Waals surface area contributed by atoms with Gasteiger partial charge in [-0.05, 0) is 50.8 Å². The zero-order chi connectivity index (χ0) is 17.2. The van der Waals surface area contributed by atoms with E-state index in [0.29, 0.717) is 12.6 Å². The highest BCUT2D eigenvalue weighted by atomic mass is 16.3. The average Bonchev–Trinajstić information content (AvgIpc) is 3.34. The standard InChI is InChI=1S/C19H24N4O2/c1-14(17-6-3-12-25-17)23(16-7-8-16)18(24)15-5-2-11-22(13-15)19-20-9-4-10-21-19/h3-4,6,9-10,12,14-16H,2,5,7-8,11,13H2,1H3/t14-,15+/m0/s1. The molecule has 2 aromatic rings. The minimum Gasteiger partial charge on any atom is -0.467 e. The normalized spacial score (nSPS) is 21.8. The molecule has 0 N–H and O–H groups in total. The highest BCUT2D eigenvalue weighted by Gasteiger charge is 2.41. The molecule has 6 heteroatoms. The average molecular weight is 340 g/mol. The van der Waals surface area contributed by atoms with Crippen LogP contribution in [-0.2, 0) is 4.79 Å². The minimum atomic E-state index is -0.0154. The van der Waals surface area contributed by atoms with Crippen LogP contribution in [0, 0.1) is 5.92 Å². The van der Waals surface area contributed by atoms with Gasteiger partial charge in [-0.25, -0.2) is 9.97 Å². The van der Waals surface area contributed by atoms with E-state index in [1.54, 1.807) is 18.7 Å². The number of anilines is 1. The van der Waals surface area contributed by atoms with Gasteiger partial charge in [0.15, 0.2) is 0 Å². The predicted molar refractivity (Wildman–Crippen MR) is 94.0 cm³/mol. The molecule has 2 aromatic heterocycles. The van der Waals surface area contributed by atoms with E-state index in [1.165, 1.54) is 0 Å². The quantitative estimate of drug-likeness (QED) is 0.837. The number of piperidine rings is 1. The van der Waals surface area contributed by atoms with Gasteiger partial charge >= 0.3 is 0 Å². The van der Waals surface area contributed by atoms with Gasteiger partial charge in [0.2, 0.25) is 11.9 Å². The van der Waals surface area contributed by atoms with Gasteiger partial charge in [-0.2, -0.15) is 0 Å². The van der Waals surface area contributed by atoms with Gasteiger partial charge in [-0.15, -0.1) is 0 Å². The Morgan fingerprint density at radius 3 is 2.76 bits per heavy atom. The maximum atomic E-state index is 13.3. The van der Waals surface area contributed by atoms with Crippen molar-refractivity contribution in [3.8, 4) is 0 Å². The van der Waals surface area contributed by atoms with Crippen molar-refractivity contribution < 1.29 is 9.21 Å². The summed E-state index contributed by atoms with van der Waals surface area (Å²) in [5.41, 5.74) is 0. The summed E-state index contributed by atoms with van der Waals surface area (Å²) in [5, 5.41) is 0.